The van der Waals surface area contributed by atoms with Gasteiger partial charge in [-0.05, 0) is 19.1 Å². The van der Waals surface area contributed by atoms with Gasteiger partial charge in [-0.15, -0.1) is 0 Å². The van der Waals surface area contributed by atoms with Crippen LogP contribution in [0.1, 0.15) is 11.3 Å². The molecule has 6 nitrogen and oxygen atoms in total. The Morgan fingerprint density at radius 1 is 1.59 bits per heavy atom. The van der Waals surface area contributed by atoms with Crippen molar-refractivity contribution in [1.29, 1.82) is 0 Å². The van der Waals surface area contributed by atoms with Gasteiger partial charge in [0.25, 0.3) is 0 Å². The van der Waals surface area contributed by atoms with Crippen molar-refractivity contribution in [3.05, 3.63) is 40.8 Å². The number of hydrogen-bond acceptors (Lipinski definition) is 4. The van der Waals surface area contributed by atoms with Crippen molar-refractivity contribution in [3.8, 4) is 5.82 Å². The van der Waals surface area contributed by atoms with Gasteiger partial charge in [0, 0.05) is 6.20 Å². The molecule has 0 radical (unpaired) electrons. The Morgan fingerprint density at radius 3 is 2.94 bits per heavy atom. The maximum absolute atomic E-state index is 8.70. The molecule has 88 valence electrons. The van der Waals surface area contributed by atoms with Crippen LogP contribution in [0.25, 0.3) is 5.82 Å². The summed E-state index contributed by atoms with van der Waals surface area (Å²) in [5, 5.41) is 16.4. The average molecular weight is 252 g/mol. The van der Waals surface area contributed by atoms with Crippen molar-refractivity contribution in [2.45, 2.75) is 6.92 Å². The summed E-state index contributed by atoms with van der Waals surface area (Å²) in [5.74, 6) is 0.426. The van der Waals surface area contributed by atoms with E-state index >= 15 is 0 Å². The lowest BCUT2D eigenvalue weighted by Crippen LogP contribution is -2.17. The van der Waals surface area contributed by atoms with E-state index in [4.69, 9.17) is 22.5 Å². The predicted molar refractivity (Wildman–Crippen MR) is 63.6 cm³/mol. The standard InChI is InChI=1S/C10H10ClN5O/c1-6-8(11)5-16(14-6)10-7(9(12)15-17)3-2-4-13-10/h2-5,17H,1H3,(H2,12,15). The highest BCUT2D eigenvalue weighted by atomic mass is 35.5. The van der Waals surface area contributed by atoms with Crippen molar-refractivity contribution < 1.29 is 5.21 Å². The third-order valence-electron chi connectivity index (χ3n) is 2.23. The summed E-state index contributed by atoms with van der Waals surface area (Å²) in [7, 11) is 0. The molecule has 3 N–H and O–H groups in total. The first-order valence-electron chi connectivity index (χ1n) is 4.78. The lowest BCUT2D eigenvalue weighted by atomic mass is 10.2. The zero-order valence-electron chi connectivity index (χ0n) is 9.00. The molecule has 0 atom stereocenters. The number of hydrogen-bond donors (Lipinski definition) is 2. The van der Waals surface area contributed by atoms with Gasteiger partial charge in [0.05, 0.1) is 22.5 Å². The van der Waals surface area contributed by atoms with Crippen molar-refractivity contribution in [1.82, 2.24) is 14.8 Å². The fourth-order valence-electron chi connectivity index (χ4n) is 1.38. The summed E-state index contributed by atoms with van der Waals surface area (Å²) < 4.78 is 1.49. The first-order chi connectivity index (χ1) is 8.13. The fraction of sp³-hybridized carbons (Fsp3) is 0.100. The maximum Gasteiger partial charge on any atom is 0.173 e. The highest BCUT2D eigenvalue weighted by Crippen LogP contribution is 2.17. The molecule has 2 aromatic rings. The molecule has 0 saturated carbocycles. The Kier molecular flexibility index (Phi) is 2.97. The van der Waals surface area contributed by atoms with Crippen LogP contribution < -0.4 is 5.73 Å². The van der Waals surface area contributed by atoms with Crippen LogP contribution in [0.2, 0.25) is 5.02 Å². The van der Waals surface area contributed by atoms with Gasteiger partial charge in [0.15, 0.2) is 11.7 Å². The summed E-state index contributed by atoms with van der Waals surface area (Å²) >= 11 is 5.92. The second-order valence-corrected chi connectivity index (χ2v) is 3.77. The largest absolute Gasteiger partial charge is 0.409 e. The van der Waals surface area contributed by atoms with Gasteiger partial charge >= 0.3 is 0 Å². The van der Waals surface area contributed by atoms with Crippen LogP contribution in [-0.4, -0.2) is 25.8 Å². The molecular formula is C10H10ClN5O. The zero-order chi connectivity index (χ0) is 12.4. The van der Waals surface area contributed by atoms with Gasteiger partial charge in [-0.3, -0.25) is 0 Å². The molecule has 0 aliphatic rings. The van der Waals surface area contributed by atoms with E-state index < -0.39 is 0 Å². The lowest BCUT2D eigenvalue weighted by Gasteiger charge is -2.06. The molecule has 0 amide bonds. The molecular weight excluding hydrogens is 242 g/mol. The zero-order valence-corrected chi connectivity index (χ0v) is 9.76. The molecule has 17 heavy (non-hydrogen) atoms. The summed E-state index contributed by atoms with van der Waals surface area (Å²) in [4.78, 5) is 4.14. The molecule has 0 unspecified atom stereocenters. The Morgan fingerprint density at radius 2 is 2.35 bits per heavy atom. The van der Waals surface area contributed by atoms with Crippen molar-refractivity contribution >= 4 is 17.4 Å². The smallest absolute Gasteiger partial charge is 0.173 e. The van der Waals surface area contributed by atoms with Crippen LogP contribution >= 0.6 is 11.6 Å². The molecule has 0 aromatic carbocycles. The second kappa shape index (κ2) is 4.42. The van der Waals surface area contributed by atoms with Crippen LogP contribution in [0.15, 0.2) is 29.7 Å². The monoisotopic (exact) mass is 251 g/mol. The minimum absolute atomic E-state index is 0.0302. The third kappa shape index (κ3) is 2.07. The minimum Gasteiger partial charge on any atom is -0.409 e. The Hall–Kier alpha value is -2.08. The number of halogens is 1. The van der Waals surface area contributed by atoms with E-state index in [1.54, 1.807) is 31.5 Å². The number of nitrogens with two attached hydrogens (primary N) is 1. The van der Waals surface area contributed by atoms with Crippen molar-refractivity contribution in [2.75, 3.05) is 0 Å². The Labute approximate surface area is 102 Å². The number of rotatable bonds is 2. The SMILES string of the molecule is Cc1nn(-c2ncccc2C(N)=NO)cc1Cl. The van der Waals surface area contributed by atoms with Gasteiger partial charge in [-0.25, -0.2) is 9.67 Å². The molecule has 0 fully saturated rings. The molecule has 0 saturated heterocycles. The quantitative estimate of drug-likeness (QED) is 0.365. The number of nitrogens with zero attached hydrogens (tertiary/aromatic N) is 4. The van der Waals surface area contributed by atoms with Crippen molar-refractivity contribution in [2.24, 2.45) is 10.9 Å². The van der Waals surface area contributed by atoms with Gasteiger partial charge in [-0.2, -0.15) is 5.10 Å². The molecule has 0 spiro atoms. The molecule has 0 aliphatic carbocycles. The van der Waals surface area contributed by atoms with Gasteiger partial charge in [0.1, 0.15) is 0 Å². The van der Waals surface area contributed by atoms with E-state index in [1.165, 1.54) is 4.68 Å². The van der Waals surface area contributed by atoms with Crippen LogP contribution in [0, 0.1) is 6.92 Å². The average Bonchev–Trinajstić information content (AvgIpc) is 2.68. The van der Waals surface area contributed by atoms with Gasteiger partial charge in [-0.1, -0.05) is 16.8 Å². The molecule has 0 aliphatic heterocycles. The normalized spacial score (nSPS) is 11.8. The van der Waals surface area contributed by atoms with E-state index in [1.807, 2.05) is 0 Å². The van der Waals surface area contributed by atoms with E-state index in [9.17, 15) is 0 Å². The van der Waals surface area contributed by atoms with Crippen molar-refractivity contribution in [3.63, 3.8) is 0 Å². The third-order valence-corrected chi connectivity index (χ3v) is 2.60. The number of oxime groups is 1. The number of amidine groups is 1. The van der Waals surface area contributed by atoms with Crippen LogP contribution in [0.5, 0.6) is 0 Å². The molecule has 2 rings (SSSR count). The lowest BCUT2D eigenvalue weighted by molar-refractivity contribution is 0.318. The van der Waals surface area contributed by atoms with Gasteiger partial charge in [0.2, 0.25) is 0 Å². The maximum atomic E-state index is 8.70. The summed E-state index contributed by atoms with van der Waals surface area (Å²) in [5.41, 5.74) is 6.73. The van der Waals surface area contributed by atoms with E-state index in [0.29, 0.717) is 22.1 Å². The van der Waals surface area contributed by atoms with E-state index in [-0.39, 0.29) is 5.84 Å². The highest BCUT2D eigenvalue weighted by molar-refractivity contribution is 6.31. The Bertz CT molecular complexity index is 558. The Balaban J connectivity index is 2.59. The number of aryl methyl sites for hydroxylation is 1. The molecule has 7 heteroatoms. The summed E-state index contributed by atoms with van der Waals surface area (Å²) in [6.07, 6.45) is 3.21. The van der Waals surface area contributed by atoms with Crippen LogP contribution in [0.4, 0.5) is 0 Å². The van der Waals surface area contributed by atoms with Gasteiger partial charge < -0.3 is 10.9 Å². The summed E-state index contributed by atoms with van der Waals surface area (Å²) in [6.45, 7) is 1.78. The topological polar surface area (TPSA) is 89.3 Å². The fourth-order valence-corrected chi connectivity index (χ4v) is 1.51. The first-order valence-corrected chi connectivity index (χ1v) is 5.16. The van der Waals surface area contributed by atoms with E-state index in [0.717, 1.165) is 0 Å². The molecule has 2 aromatic heterocycles. The molecule has 2 heterocycles. The summed E-state index contributed by atoms with van der Waals surface area (Å²) in [6, 6.07) is 3.37. The number of pyridine rings is 1. The van der Waals surface area contributed by atoms with Crippen LogP contribution in [0.3, 0.4) is 0 Å². The molecule has 0 bridgehead atoms. The van der Waals surface area contributed by atoms with E-state index in [2.05, 4.69) is 15.2 Å². The minimum atomic E-state index is -0.0302. The highest BCUT2D eigenvalue weighted by Gasteiger charge is 2.12. The van der Waals surface area contributed by atoms with Crippen LogP contribution in [-0.2, 0) is 0 Å². The first kappa shape index (κ1) is 11.4. The predicted octanol–water partition coefficient (Wildman–Crippen LogP) is 1.32. The second-order valence-electron chi connectivity index (χ2n) is 3.37. The number of aromatic nitrogens is 3.